The van der Waals surface area contributed by atoms with E-state index in [4.69, 9.17) is 0 Å². The number of para-hydroxylation sites is 3. The van der Waals surface area contributed by atoms with E-state index in [0.717, 1.165) is 13.1 Å². The van der Waals surface area contributed by atoms with Crippen LogP contribution in [0, 0.1) is 0 Å². The second-order valence-electron chi connectivity index (χ2n) is 6.31. The zero-order chi connectivity index (χ0) is 19.4. The van der Waals surface area contributed by atoms with Crippen molar-refractivity contribution >= 4 is 17.1 Å². The molecule has 0 saturated carbocycles. The highest BCUT2D eigenvalue weighted by atomic mass is 15.2. The molecule has 0 radical (unpaired) electrons. The van der Waals surface area contributed by atoms with Crippen LogP contribution in [0.5, 0.6) is 0 Å². The Morgan fingerprint density at radius 1 is 0.571 bits per heavy atom. The van der Waals surface area contributed by atoms with Gasteiger partial charge in [-0.25, -0.2) is 0 Å². The molecule has 0 aliphatic carbocycles. The van der Waals surface area contributed by atoms with Crippen LogP contribution in [0.25, 0.3) is 0 Å². The molecule has 0 unspecified atom stereocenters. The lowest BCUT2D eigenvalue weighted by Crippen LogP contribution is -2.29. The quantitative estimate of drug-likeness (QED) is 0.394. The Labute approximate surface area is 168 Å². The summed E-state index contributed by atoms with van der Waals surface area (Å²) in [5.41, 5.74) is 3.56. The van der Waals surface area contributed by atoms with Crippen molar-refractivity contribution in [2.24, 2.45) is 0 Å². The Balaban J connectivity index is 1.83. The van der Waals surface area contributed by atoms with E-state index in [0.29, 0.717) is 0 Å². The minimum absolute atomic E-state index is 0.853. The van der Waals surface area contributed by atoms with Gasteiger partial charge in [-0.15, -0.1) is 0 Å². The van der Waals surface area contributed by atoms with Crippen LogP contribution >= 0.6 is 0 Å². The lowest BCUT2D eigenvalue weighted by Gasteiger charge is -2.29. The average Bonchev–Trinajstić information content (AvgIpc) is 2.77. The fourth-order valence-corrected chi connectivity index (χ4v) is 3.04. The summed E-state index contributed by atoms with van der Waals surface area (Å²) in [5, 5.41) is 0. The maximum absolute atomic E-state index is 3.72. The maximum Gasteiger partial charge on any atom is 0.0411 e. The molecular formula is C26H26N2. The van der Waals surface area contributed by atoms with Crippen molar-refractivity contribution in [1.82, 2.24) is 0 Å². The van der Waals surface area contributed by atoms with Gasteiger partial charge in [0, 0.05) is 36.4 Å². The van der Waals surface area contributed by atoms with Gasteiger partial charge >= 0.3 is 0 Å². The third-order valence-electron chi connectivity index (χ3n) is 4.41. The lowest BCUT2D eigenvalue weighted by molar-refractivity contribution is 0.881. The third-order valence-corrected chi connectivity index (χ3v) is 4.41. The fourth-order valence-electron chi connectivity index (χ4n) is 3.04. The summed E-state index contributed by atoms with van der Waals surface area (Å²) in [6, 6.07) is 31.5. The van der Waals surface area contributed by atoms with E-state index in [-0.39, 0.29) is 0 Å². The van der Waals surface area contributed by atoms with Gasteiger partial charge in [-0.05, 0) is 42.5 Å². The summed E-state index contributed by atoms with van der Waals surface area (Å²) in [4.78, 5) is 4.62. The number of hydrogen-bond acceptors (Lipinski definition) is 2. The molecule has 3 aromatic carbocycles. The number of allylic oxidation sites excluding steroid dienone is 4. The van der Waals surface area contributed by atoms with E-state index in [2.05, 4.69) is 108 Å². The third kappa shape index (κ3) is 5.49. The summed E-state index contributed by atoms with van der Waals surface area (Å²) in [6.45, 7) is 5.43. The van der Waals surface area contributed by atoms with Crippen LogP contribution in [-0.2, 0) is 0 Å². The number of benzene rings is 3. The molecule has 3 aromatic rings. The summed E-state index contributed by atoms with van der Waals surface area (Å²) in [7, 11) is 0. The molecule has 140 valence electrons. The van der Waals surface area contributed by atoms with E-state index in [1.54, 1.807) is 6.08 Å². The van der Waals surface area contributed by atoms with E-state index in [1.165, 1.54) is 17.1 Å². The second-order valence-corrected chi connectivity index (χ2v) is 6.31. The Morgan fingerprint density at radius 2 is 1.07 bits per heavy atom. The normalized spacial score (nSPS) is 11.0. The SMILES string of the molecule is C=C/C=C\C=C\N(CCN(c1ccccc1)c1ccccc1)c1ccccc1. The van der Waals surface area contributed by atoms with Crippen molar-refractivity contribution in [3.8, 4) is 0 Å². The van der Waals surface area contributed by atoms with E-state index >= 15 is 0 Å². The van der Waals surface area contributed by atoms with Crippen molar-refractivity contribution in [2.75, 3.05) is 22.9 Å². The Morgan fingerprint density at radius 3 is 1.57 bits per heavy atom. The van der Waals surface area contributed by atoms with Crippen LogP contribution in [-0.4, -0.2) is 13.1 Å². The van der Waals surface area contributed by atoms with Crippen LogP contribution in [0.4, 0.5) is 17.1 Å². The molecule has 0 aliphatic heterocycles. The van der Waals surface area contributed by atoms with Crippen LogP contribution in [0.1, 0.15) is 0 Å². The highest BCUT2D eigenvalue weighted by Crippen LogP contribution is 2.25. The molecule has 0 bridgehead atoms. The number of hydrogen-bond donors (Lipinski definition) is 0. The molecule has 2 nitrogen and oxygen atoms in total. The minimum atomic E-state index is 0.853. The minimum Gasteiger partial charge on any atom is -0.346 e. The van der Waals surface area contributed by atoms with E-state index < -0.39 is 0 Å². The molecular weight excluding hydrogens is 340 g/mol. The average molecular weight is 367 g/mol. The van der Waals surface area contributed by atoms with Crippen LogP contribution < -0.4 is 9.80 Å². The standard InChI is InChI=1S/C26H26N2/c1-2-3-4-14-21-27(24-15-8-5-9-16-24)22-23-28(25-17-10-6-11-18-25)26-19-12-7-13-20-26/h2-21H,1,22-23H2/b4-3-,21-14+. The Kier molecular flexibility index (Phi) is 7.28. The molecule has 2 heteroatoms. The zero-order valence-corrected chi connectivity index (χ0v) is 16.1. The van der Waals surface area contributed by atoms with Gasteiger partial charge in [-0.1, -0.05) is 79.4 Å². The van der Waals surface area contributed by atoms with Gasteiger partial charge in [-0.3, -0.25) is 0 Å². The van der Waals surface area contributed by atoms with Crippen molar-refractivity contribution in [1.29, 1.82) is 0 Å². The molecule has 0 aliphatic rings. The summed E-state index contributed by atoms with van der Waals surface area (Å²) < 4.78 is 0. The van der Waals surface area contributed by atoms with Gasteiger partial charge in [0.2, 0.25) is 0 Å². The Hall–Kier alpha value is -3.52. The summed E-state index contributed by atoms with van der Waals surface area (Å²) in [5.74, 6) is 0. The molecule has 0 spiro atoms. The monoisotopic (exact) mass is 366 g/mol. The van der Waals surface area contributed by atoms with Crippen molar-refractivity contribution in [3.05, 3.63) is 128 Å². The first-order valence-electron chi connectivity index (χ1n) is 9.54. The smallest absolute Gasteiger partial charge is 0.0411 e. The van der Waals surface area contributed by atoms with Crippen LogP contribution in [0.3, 0.4) is 0 Å². The molecule has 0 amide bonds. The number of rotatable bonds is 9. The molecule has 3 rings (SSSR count). The molecule has 0 N–H and O–H groups in total. The lowest BCUT2D eigenvalue weighted by atomic mass is 10.2. The molecule has 0 atom stereocenters. The van der Waals surface area contributed by atoms with Crippen LogP contribution in [0.15, 0.2) is 128 Å². The molecule has 0 aromatic heterocycles. The summed E-state index contributed by atoms with van der Waals surface area (Å²) >= 11 is 0. The van der Waals surface area contributed by atoms with Crippen molar-refractivity contribution in [3.63, 3.8) is 0 Å². The molecule has 28 heavy (non-hydrogen) atoms. The largest absolute Gasteiger partial charge is 0.346 e. The van der Waals surface area contributed by atoms with Gasteiger partial charge in [0.25, 0.3) is 0 Å². The first-order chi connectivity index (χ1) is 13.9. The van der Waals surface area contributed by atoms with Gasteiger partial charge in [0.1, 0.15) is 0 Å². The predicted molar refractivity (Wildman–Crippen MR) is 122 cm³/mol. The maximum atomic E-state index is 3.72. The van der Waals surface area contributed by atoms with E-state index in [1.807, 2.05) is 24.3 Å². The molecule has 0 saturated heterocycles. The number of nitrogens with zero attached hydrogens (tertiary/aromatic N) is 2. The highest BCUT2D eigenvalue weighted by Gasteiger charge is 2.11. The van der Waals surface area contributed by atoms with Crippen molar-refractivity contribution in [2.45, 2.75) is 0 Å². The summed E-state index contributed by atoms with van der Waals surface area (Å²) in [6.07, 6.45) is 9.87. The van der Waals surface area contributed by atoms with Gasteiger partial charge in [0.15, 0.2) is 0 Å². The zero-order valence-electron chi connectivity index (χ0n) is 16.1. The van der Waals surface area contributed by atoms with Crippen molar-refractivity contribution < 1.29 is 0 Å². The van der Waals surface area contributed by atoms with E-state index in [9.17, 15) is 0 Å². The molecule has 0 heterocycles. The van der Waals surface area contributed by atoms with Gasteiger partial charge in [-0.2, -0.15) is 0 Å². The second kappa shape index (κ2) is 10.6. The number of anilines is 3. The Bertz CT molecular complexity index is 844. The molecule has 0 fully saturated rings. The van der Waals surface area contributed by atoms with Gasteiger partial charge in [0.05, 0.1) is 0 Å². The first-order valence-corrected chi connectivity index (χ1v) is 9.54. The first kappa shape index (κ1) is 19.2. The predicted octanol–water partition coefficient (Wildman–Crippen LogP) is 6.59. The topological polar surface area (TPSA) is 6.48 Å². The van der Waals surface area contributed by atoms with Gasteiger partial charge < -0.3 is 9.80 Å². The highest BCUT2D eigenvalue weighted by molar-refractivity contribution is 5.63. The van der Waals surface area contributed by atoms with Crippen LogP contribution in [0.2, 0.25) is 0 Å². The fraction of sp³-hybridized carbons (Fsp3) is 0.0769.